The Labute approximate surface area is 100 Å². The number of aryl methyl sites for hydroxylation is 1. The minimum atomic E-state index is 0.374. The van der Waals surface area contributed by atoms with Crippen molar-refractivity contribution in [3.63, 3.8) is 0 Å². The Morgan fingerprint density at radius 3 is 2.75 bits per heavy atom. The molecular weight excluding hydrogens is 220 g/mol. The van der Waals surface area contributed by atoms with Gasteiger partial charge in [-0.25, -0.2) is 4.98 Å². The third-order valence-corrected chi connectivity index (χ3v) is 4.19. The van der Waals surface area contributed by atoms with Gasteiger partial charge in [-0.15, -0.1) is 0 Å². The Bertz CT molecular complexity index is 398. The van der Waals surface area contributed by atoms with Crippen LogP contribution in [0.4, 0.5) is 5.13 Å². The normalized spacial score (nSPS) is 19.1. The number of anilines is 1. The minimum absolute atomic E-state index is 0.374. The molecule has 0 N–H and O–H groups in total. The van der Waals surface area contributed by atoms with Crippen molar-refractivity contribution in [1.82, 2.24) is 4.98 Å². The van der Waals surface area contributed by atoms with Crippen molar-refractivity contribution in [3.05, 3.63) is 10.6 Å². The molecule has 1 saturated heterocycles. The molecule has 0 spiro atoms. The van der Waals surface area contributed by atoms with Gasteiger partial charge in [0.1, 0.15) is 0 Å². The van der Waals surface area contributed by atoms with Crippen molar-refractivity contribution < 1.29 is 4.79 Å². The summed E-state index contributed by atoms with van der Waals surface area (Å²) in [7, 11) is 0. The van der Waals surface area contributed by atoms with Crippen molar-refractivity contribution >= 4 is 22.8 Å². The van der Waals surface area contributed by atoms with E-state index in [2.05, 4.69) is 23.7 Å². The predicted octanol–water partition coefficient (Wildman–Crippen LogP) is 2.75. The molecule has 0 radical (unpaired) electrons. The molecule has 0 amide bonds. The standard InChI is InChI=1S/C12H18N2OS/c1-4-9-10(7-15)16-11(13-9)14-6-5-12(2,3)8-14/h7H,4-6,8H2,1-3H3. The summed E-state index contributed by atoms with van der Waals surface area (Å²) in [6, 6.07) is 0. The van der Waals surface area contributed by atoms with E-state index >= 15 is 0 Å². The monoisotopic (exact) mass is 238 g/mol. The molecule has 1 aromatic rings. The number of nitrogens with zero attached hydrogens (tertiary/aromatic N) is 2. The molecule has 4 heteroatoms. The maximum Gasteiger partial charge on any atom is 0.186 e. The van der Waals surface area contributed by atoms with E-state index < -0.39 is 0 Å². The fourth-order valence-corrected chi connectivity index (χ4v) is 3.10. The molecule has 2 rings (SSSR count). The first-order valence-electron chi connectivity index (χ1n) is 5.75. The summed E-state index contributed by atoms with van der Waals surface area (Å²) < 4.78 is 0. The zero-order valence-corrected chi connectivity index (χ0v) is 10.9. The van der Waals surface area contributed by atoms with Crippen LogP contribution in [0, 0.1) is 5.41 Å². The second-order valence-electron chi connectivity index (χ2n) is 5.11. The lowest BCUT2D eigenvalue weighted by molar-refractivity contribution is 0.112. The number of aldehydes is 1. The van der Waals surface area contributed by atoms with Crippen molar-refractivity contribution in [2.45, 2.75) is 33.6 Å². The Morgan fingerprint density at radius 1 is 1.56 bits per heavy atom. The van der Waals surface area contributed by atoms with Crippen LogP contribution in [-0.2, 0) is 6.42 Å². The van der Waals surface area contributed by atoms with Gasteiger partial charge in [0, 0.05) is 13.1 Å². The molecule has 1 aromatic heterocycles. The zero-order chi connectivity index (χ0) is 11.8. The molecule has 88 valence electrons. The van der Waals surface area contributed by atoms with Crippen LogP contribution < -0.4 is 4.90 Å². The van der Waals surface area contributed by atoms with Crippen LogP contribution in [0.3, 0.4) is 0 Å². The number of hydrogen-bond acceptors (Lipinski definition) is 4. The number of carbonyl (C=O) groups is 1. The first-order chi connectivity index (χ1) is 7.55. The SMILES string of the molecule is CCc1nc(N2CCC(C)(C)C2)sc1C=O. The molecule has 0 aromatic carbocycles. The van der Waals surface area contributed by atoms with Gasteiger partial charge < -0.3 is 4.90 Å². The number of thiazole rings is 1. The van der Waals surface area contributed by atoms with Gasteiger partial charge in [-0.1, -0.05) is 32.1 Å². The molecule has 0 bridgehead atoms. The van der Waals surface area contributed by atoms with Crippen molar-refractivity contribution in [2.75, 3.05) is 18.0 Å². The molecule has 3 nitrogen and oxygen atoms in total. The number of hydrogen-bond donors (Lipinski definition) is 0. The summed E-state index contributed by atoms with van der Waals surface area (Å²) >= 11 is 1.53. The third kappa shape index (κ3) is 2.12. The highest BCUT2D eigenvalue weighted by Gasteiger charge is 2.31. The Balaban J connectivity index is 2.22. The predicted molar refractivity (Wildman–Crippen MR) is 67.5 cm³/mol. The minimum Gasteiger partial charge on any atom is -0.348 e. The van der Waals surface area contributed by atoms with Gasteiger partial charge in [0.15, 0.2) is 11.4 Å². The van der Waals surface area contributed by atoms with E-state index in [1.54, 1.807) is 0 Å². The summed E-state index contributed by atoms with van der Waals surface area (Å²) in [6.07, 6.45) is 2.97. The van der Waals surface area contributed by atoms with E-state index in [4.69, 9.17) is 0 Å². The second-order valence-corrected chi connectivity index (χ2v) is 6.12. The molecule has 0 atom stereocenters. The van der Waals surface area contributed by atoms with Crippen LogP contribution in [0.1, 0.15) is 42.6 Å². The van der Waals surface area contributed by atoms with Crippen LogP contribution in [0.25, 0.3) is 0 Å². The lowest BCUT2D eigenvalue weighted by Gasteiger charge is -2.18. The molecule has 2 heterocycles. The fraction of sp³-hybridized carbons (Fsp3) is 0.667. The highest BCUT2D eigenvalue weighted by Crippen LogP contribution is 2.35. The molecule has 16 heavy (non-hydrogen) atoms. The van der Waals surface area contributed by atoms with Crippen molar-refractivity contribution in [1.29, 1.82) is 0 Å². The number of carbonyl (C=O) groups excluding carboxylic acids is 1. The van der Waals surface area contributed by atoms with Gasteiger partial charge in [-0.2, -0.15) is 0 Å². The highest BCUT2D eigenvalue weighted by atomic mass is 32.1. The molecule has 0 aliphatic carbocycles. The Kier molecular flexibility index (Phi) is 3.02. The van der Waals surface area contributed by atoms with Gasteiger partial charge in [-0.05, 0) is 18.3 Å². The van der Waals surface area contributed by atoms with Crippen LogP contribution in [0.5, 0.6) is 0 Å². The molecule has 1 fully saturated rings. The lowest BCUT2D eigenvalue weighted by atomic mass is 9.93. The fourth-order valence-electron chi connectivity index (χ4n) is 2.11. The van der Waals surface area contributed by atoms with E-state index in [1.807, 2.05) is 6.92 Å². The summed E-state index contributed by atoms with van der Waals surface area (Å²) in [6.45, 7) is 8.70. The highest BCUT2D eigenvalue weighted by molar-refractivity contribution is 7.17. The van der Waals surface area contributed by atoms with Crippen LogP contribution in [-0.4, -0.2) is 24.4 Å². The van der Waals surface area contributed by atoms with Gasteiger partial charge >= 0.3 is 0 Å². The van der Waals surface area contributed by atoms with Crippen molar-refractivity contribution in [2.24, 2.45) is 5.41 Å². The topological polar surface area (TPSA) is 33.2 Å². The number of rotatable bonds is 3. The summed E-state index contributed by atoms with van der Waals surface area (Å²) in [5, 5.41) is 1.02. The molecule has 1 aliphatic heterocycles. The van der Waals surface area contributed by atoms with E-state index in [0.29, 0.717) is 5.41 Å². The van der Waals surface area contributed by atoms with Gasteiger partial charge in [0.05, 0.1) is 10.6 Å². The van der Waals surface area contributed by atoms with Crippen LogP contribution in [0.2, 0.25) is 0 Å². The van der Waals surface area contributed by atoms with Gasteiger partial charge in [-0.3, -0.25) is 4.79 Å². The van der Waals surface area contributed by atoms with E-state index in [0.717, 1.165) is 41.5 Å². The quantitative estimate of drug-likeness (QED) is 0.759. The van der Waals surface area contributed by atoms with E-state index in [1.165, 1.54) is 17.8 Å². The summed E-state index contributed by atoms with van der Waals surface area (Å²) in [4.78, 5) is 18.6. The largest absolute Gasteiger partial charge is 0.348 e. The van der Waals surface area contributed by atoms with E-state index in [-0.39, 0.29) is 0 Å². The van der Waals surface area contributed by atoms with Crippen LogP contribution in [0.15, 0.2) is 0 Å². The maximum atomic E-state index is 10.9. The van der Waals surface area contributed by atoms with Crippen LogP contribution >= 0.6 is 11.3 Å². The lowest BCUT2D eigenvalue weighted by Crippen LogP contribution is -2.22. The average molecular weight is 238 g/mol. The first kappa shape index (κ1) is 11.6. The summed E-state index contributed by atoms with van der Waals surface area (Å²) in [5.74, 6) is 0. The van der Waals surface area contributed by atoms with Gasteiger partial charge in [0.25, 0.3) is 0 Å². The third-order valence-electron chi connectivity index (χ3n) is 3.11. The second kappa shape index (κ2) is 4.17. The first-order valence-corrected chi connectivity index (χ1v) is 6.57. The average Bonchev–Trinajstić information content (AvgIpc) is 2.80. The summed E-state index contributed by atoms with van der Waals surface area (Å²) in [5.41, 5.74) is 1.32. The molecule has 0 saturated carbocycles. The zero-order valence-electron chi connectivity index (χ0n) is 10.1. The maximum absolute atomic E-state index is 10.9. The molecule has 0 unspecified atom stereocenters. The molecular formula is C12H18N2OS. The smallest absolute Gasteiger partial charge is 0.186 e. The Hall–Kier alpha value is -0.900. The van der Waals surface area contributed by atoms with E-state index in [9.17, 15) is 4.79 Å². The Morgan fingerprint density at radius 2 is 2.31 bits per heavy atom. The number of aromatic nitrogens is 1. The molecule has 1 aliphatic rings. The van der Waals surface area contributed by atoms with Gasteiger partial charge in [0.2, 0.25) is 0 Å². The van der Waals surface area contributed by atoms with Crippen molar-refractivity contribution in [3.8, 4) is 0 Å².